The molecule has 21 heavy (non-hydrogen) atoms. The standard InChI is InChI=1S/C16H24N2O3/c1-11(2)16(3,15(20)21)10-14(19)17-12-8-6-7-9-13(12)18(4)5/h6-9,11H,10H2,1-5H3,(H,17,19)(H,20,21). The maximum atomic E-state index is 12.2. The van der Waals surface area contributed by atoms with E-state index in [1.54, 1.807) is 13.0 Å². The lowest BCUT2D eigenvalue weighted by Gasteiger charge is -2.28. The minimum absolute atomic E-state index is 0.0538. The first-order chi connectivity index (χ1) is 9.68. The highest BCUT2D eigenvalue weighted by Gasteiger charge is 2.38. The van der Waals surface area contributed by atoms with Crippen LogP contribution in [0.3, 0.4) is 0 Å². The van der Waals surface area contributed by atoms with E-state index in [9.17, 15) is 14.7 Å². The normalized spacial score (nSPS) is 13.6. The SMILES string of the molecule is CC(C)C(C)(CC(=O)Nc1ccccc1N(C)C)C(=O)O. The summed E-state index contributed by atoms with van der Waals surface area (Å²) in [4.78, 5) is 25.6. The van der Waals surface area contributed by atoms with Crippen LogP contribution in [-0.4, -0.2) is 31.1 Å². The zero-order valence-corrected chi connectivity index (χ0v) is 13.3. The Labute approximate surface area is 126 Å². The van der Waals surface area contributed by atoms with Gasteiger partial charge in [0.15, 0.2) is 0 Å². The fraction of sp³-hybridized carbons (Fsp3) is 0.500. The predicted molar refractivity (Wildman–Crippen MR) is 84.6 cm³/mol. The van der Waals surface area contributed by atoms with Gasteiger partial charge in [0.1, 0.15) is 0 Å². The lowest BCUT2D eigenvalue weighted by Crippen LogP contribution is -2.37. The number of aliphatic carboxylic acids is 1. The van der Waals surface area contributed by atoms with Crippen LogP contribution in [0, 0.1) is 11.3 Å². The van der Waals surface area contributed by atoms with Gasteiger partial charge in [-0.25, -0.2) is 0 Å². The maximum absolute atomic E-state index is 12.2. The second-order valence-corrected chi connectivity index (χ2v) is 6.01. The molecule has 1 aromatic rings. The third-order valence-electron chi connectivity index (χ3n) is 3.95. The van der Waals surface area contributed by atoms with E-state index in [4.69, 9.17) is 0 Å². The molecule has 0 aromatic heterocycles. The van der Waals surface area contributed by atoms with Crippen LogP contribution in [-0.2, 0) is 9.59 Å². The first kappa shape index (κ1) is 17.0. The summed E-state index contributed by atoms with van der Waals surface area (Å²) in [6.07, 6.45) is -0.0538. The number of carbonyl (C=O) groups is 2. The van der Waals surface area contributed by atoms with Crippen molar-refractivity contribution in [1.82, 2.24) is 0 Å². The van der Waals surface area contributed by atoms with E-state index in [1.165, 1.54) is 0 Å². The van der Waals surface area contributed by atoms with Gasteiger partial charge in [0.25, 0.3) is 0 Å². The molecule has 0 aliphatic heterocycles. The van der Waals surface area contributed by atoms with E-state index in [2.05, 4.69) is 5.32 Å². The van der Waals surface area contributed by atoms with Crippen molar-refractivity contribution in [3.63, 3.8) is 0 Å². The Balaban J connectivity index is 2.90. The summed E-state index contributed by atoms with van der Waals surface area (Å²) in [5, 5.41) is 12.2. The summed E-state index contributed by atoms with van der Waals surface area (Å²) in [5.74, 6) is -1.37. The van der Waals surface area contributed by atoms with Gasteiger partial charge in [0, 0.05) is 20.5 Å². The Hall–Kier alpha value is -2.04. The van der Waals surface area contributed by atoms with Crippen molar-refractivity contribution in [3.05, 3.63) is 24.3 Å². The summed E-state index contributed by atoms with van der Waals surface area (Å²) in [6.45, 7) is 5.24. The topological polar surface area (TPSA) is 69.6 Å². The number of nitrogens with zero attached hydrogens (tertiary/aromatic N) is 1. The molecule has 1 amide bonds. The van der Waals surface area contributed by atoms with Gasteiger partial charge in [-0.15, -0.1) is 0 Å². The molecule has 0 aliphatic rings. The van der Waals surface area contributed by atoms with Gasteiger partial charge in [-0.3, -0.25) is 9.59 Å². The van der Waals surface area contributed by atoms with Crippen LogP contribution < -0.4 is 10.2 Å². The number of hydrogen-bond acceptors (Lipinski definition) is 3. The molecule has 0 spiro atoms. The average molecular weight is 292 g/mol. The number of carboxylic acids is 1. The number of carbonyl (C=O) groups excluding carboxylic acids is 1. The predicted octanol–water partition coefficient (Wildman–Crippen LogP) is 2.83. The molecule has 0 bridgehead atoms. The van der Waals surface area contributed by atoms with Crippen LogP contribution in [0.2, 0.25) is 0 Å². The molecule has 0 radical (unpaired) electrons. The lowest BCUT2D eigenvalue weighted by molar-refractivity contribution is -0.153. The van der Waals surface area contributed by atoms with Crippen LogP contribution in [0.4, 0.5) is 11.4 Å². The molecule has 0 saturated heterocycles. The lowest BCUT2D eigenvalue weighted by atomic mass is 9.76. The van der Waals surface area contributed by atoms with E-state index in [0.29, 0.717) is 5.69 Å². The van der Waals surface area contributed by atoms with Gasteiger partial charge in [-0.2, -0.15) is 0 Å². The second-order valence-electron chi connectivity index (χ2n) is 6.01. The van der Waals surface area contributed by atoms with Crippen LogP contribution in [0.25, 0.3) is 0 Å². The van der Waals surface area contributed by atoms with E-state index < -0.39 is 11.4 Å². The van der Waals surface area contributed by atoms with Gasteiger partial charge >= 0.3 is 5.97 Å². The number of hydrogen-bond donors (Lipinski definition) is 2. The van der Waals surface area contributed by atoms with Gasteiger partial charge < -0.3 is 15.3 Å². The average Bonchev–Trinajstić information content (AvgIpc) is 2.38. The smallest absolute Gasteiger partial charge is 0.310 e. The van der Waals surface area contributed by atoms with Crippen LogP contribution in [0.1, 0.15) is 27.2 Å². The minimum Gasteiger partial charge on any atom is -0.481 e. The van der Waals surface area contributed by atoms with Crippen molar-refractivity contribution in [2.45, 2.75) is 27.2 Å². The van der Waals surface area contributed by atoms with E-state index >= 15 is 0 Å². The van der Waals surface area contributed by atoms with E-state index in [-0.39, 0.29) is 18.2 Å². The number of para-hydroxylation sites is 2. The zero-order valence-electron chi connectivity index (χ0n) is 13.3. The van der Waals surface area contributed by atoms with Crippen LogP contribution in [0.5, 0.6) is 0 Å². The first-order valence-corrected chi connectivity index (χ1v) is 6.98. The highest BCUT2D eigenvalue weighted by Crippen LogP contribution is 2.32. The monoisotopic (exact) mass is 292 g/mol. The van der Waals surface area contributed by atoms with Crippen LogP contribution in [0.15, 0.2) is 24.3 Å². The van der Waals surface area contributed by atoms with Gasteiger partial charge in [0.05, 0.1) is 16.8 Å². The van der Waals surface area contributed by atoms with Gasteiger partial charge in [0.2, 0.25) is 5.91 Å². The Kier molecular flexibility index (Phi) is 5.35. The molecule has 5 heteroatoms. The fourth-order valence-electron chi connectivity index (χ4n) is 2.02. The Morgan fingerprint density at radius 3 is 2.33 bits per heavy atom. The highest BCUT2D eigenvalue weighted by atomic mass is 16.4. The molecule has 116 valence electrons. The van der Waals surface area contributed by atoms with Gasteiger partial charge in [-0.1, -0.05) is 26.0 Å². The quantitative estimate of drug-likeness (QED) is 0.846. The number of anilines is 2. The second kappa shape index (κ2) is 6.61. The summed E-state index contributed by atoms with van der Waals surface area (Å²) >= 11 is 0. The van der Waals surface area contributed by atoms with Gasteiger partial charge in [-0.05, 0) is 25.0 Å². The zero-order chi connectivity index (χ0) is 16.2. The van der Waals surface area contributed by atoms with E-state index in [1.807, 2.05) is 51.0 Å². The molecule has 0 heterocycles. The summed E-state index contributed by atoms with van der Waals surface area (Å²) in [7, 11) is 3.78. The molecule has 0 saturated carbocycles. The molecular formula is C16H24N2O3. The Morgan fingerprint density at radius 1 is 1.29 bits per heavy atom. The van der Waals surface area contributed by atoms with Crippen LogP contribution >= 0.6 is 0 Å². The molecular weight excluding hydrogens is 268 g/mol. The molecule has 1 unspecified atom stereocenters. The molecule has 0 fully saturated rings. The Bertz CT molecular complexity index is 526. The molecule has 1 atom stereocenters. The van der Waals surface area contributed by atoms with Crippen molar-refractivity contribution in [2.24, 2.45) is 11.3 Å². The van der Waals surface area contributed by atoms with Crippen molar-refractivity contribution in [2.75, 3.05) is 24.3 Å². The molecule has 1 aromatic carbocycles. The summed E-state index contributed by atoms with van der Waals surface area (Å²) in [5.41, 5.74) is 0.494. The molecule has 1 rings (SSSR count). The molecule has 5 nitrogen and oxygen atoms in total. The Morgan fingerprint density at radius 2 is 1.86 bits per heavy atom. The summed E-state index contributed by atoms with van der Waals surface area (Å²) in [6, 6.07) is 7.43. The molecule has 0 aliphatic carbocycles. The first-order valence-electron chi connectivity index (χ1n) is 6.98. The fourth-order valence-corrected chi connectivity index (χ4v) is 2.02. The number of rotatable bonds is 6. The third-order valence-corrected chi connectivity index (χ3v) is 3.95. The number of benzene rings is 1. The highest BCUT2D eigenvalue weighted by molar-refractivity contribution is 5.96. The van der Waals surface area contributed by atoms with E-state index in [0.717, 1.165) is 5.69 Å². The molecule has 2 N–H and O–H groups in total. The van der Waals surface area contributed by atoms with Crippen molar-refractivity contribution in [1.29, 1.82) is 0 Å². The van der Waals surface area contributed by atoms with Crippen molar-refractivity contribution in [3.8, 4) is 0 Å². The number of carboxylic acid groups (broad SMARTS) is 1. The number of nitrogens with one attached hydrogen (secondary N) is 1. The number of amides is 1. The minimum atomic E-state index is -1.07. The largest absolute Gasteiger partial charge is 0.481 e. The van der Waals surface area contributed by atoms with Crippen molar-refractivity contribution >= 4 is 23.3 Å². The third kappa shape index (κ3) is 3.97. The van der Waals surface area contributed by atoms with Crippen molar-refractivity contribution < 1.29 is 14.7 Å². The summed E-state index contributed by atoms with van der Waals surface area (Å²) < 4.78 is 0. The maximum Gasteiger partial charge on any atom is 0.310 e.